The van der Waals surface area contributed by atoms with Crippen LogP contribution in [0.2, 0.25) is 0 Å². The van der Waals surface area contributed by atoms with Gasteiger partial charge < -0.3 is 0 Å². The Morgan fingerprint density at radius 3 is 2.79 bits per heavy atom. The Morgan fingerprint density at radius 2 is 2.08 bits per heavy atom. The Bertz CT molecular complexity index is 789. The number of likely N-dealkylation sites (tertiary alicyclic amines) is 1. The lowest BCUT2D eigenvalue weighted by Crippen LogP contribution is -2.36. The predicted molar refractivity (Wildman–Crippen MR) is 89.8 cm³/mol. The van der Waals surface area contributed by atoms with E-state index < -0.39 is 10.0 Å². The van der Waals surface area contributed by atoms with Crippen LogP contribution < -0.4 is 4.72 Å². The topological polar surface area (TPSA) is 67.2 Å². The fourth-order valence-electron chi connectivity index (χ4n) is 2.95. The van der Waals surface area contributed by atoms with Crippen molar-refractivity contribution in [1.29, 1.82) is 0 Å². The van der Waals surface area contributed by atoms with Crippen LogP contribution in [0.4, 0.5) is 4.39 Å². The first-order valence-electron chi connectivity index (χ1n) is 7.98. The van der Waals surface area contributed by atoms with Crippen molar-refractivity contribution >= 4 is 10.0 Å². The SMILES string of the molecule is CCNS(=O)(=O)C1CCN(Cc2cnn(-c3ccc(F)cc3)c2)C1. The predicted octanol–water partition coefficient (Wildman–Crippen LogP) is 1.52. The fraction of sp³-hybridized carbons (Fsp3) is 0.438. The number of nitrogens with zero attached hydrogens (tertiary/aromatic N) is 3. The Hall–Kier alpha value is -1.77. The Labute approximate surface area is 141 Å². The average Bonchev–Trinajstić information content (AvgIpc) is 3.18. The van der Waals surface area contributed by atoms with Crippen LogP contribution in [-0.4, -0.2) is 48.0 Å². The van der Waals surface area contributed by atoms with Crippen LogP contribution in [0.15, 0.2) is 36.7 Å². The van der Waals surface area contributed by atoms with Crippen molar-refractivity contribution in [1.82, 2.24) is 19.4 Å². The molecule has 1 saturated heterocycles. The van der Waals surface area contributed by atoms with E-state index in [2.05, 4.69) is 14.7 Å². The van der Waals surface area contributed by atoms with Crippen molar-refractivity contribution in [3.8, 4) is 5.69 Å². The van der Waals surface area contributed by atoms with Gasteiger partial charge in [-0.2, -0.15) is 5.10 Å². The first-order valence-corrected chi connectivity index (χ1v) is 9.53. The second-order valence-electron chi connectivity index (χ2n) is 5.96. The molecule has 1 atom stereocenters. The third kappa shape index (κ3) is 3.82. The molecule has 1 N–H and O–H groups in total. The lowest BCUT2D eigenvalue weighted by molar-refractivity contribution is 0.331. The van der Waals surface area contributed by atoms with Crippen molar-refractivity contribution in [3.63, 3.8) is 0 Å². The largest absolute Gasteiger partial charge is 0.298 e. The summed E-state index contributed by atoms with van der Waals surface area (Å²) in [4.78, 5) is 2.12. The molecular weight excluding hydrogens is 331 g/mol. The zero-order chi connectivity index (χ0) is 17.2. The zero-order valence-corrected chi connectivity index (χ0v) is 14.3. The Morgan fingerprint density at radius 1 is 1.33 bits per heavy atom. The molecule has 1 aliphatic heterocycles. The van der Waals surface area contributed by atoms with Crippen LogP contribution in [0, 0.1) is 5.82 Å². The number of aromatic nitrogens is 2. The van der Waals surface area contributed by atoms with E-state index in [1.807, 2.05) is 6.20 Å². The molecule has 0 aliphatic carbocycles. The summed E-state index contributed by atoms with van der Waals surface area (Å²) in [5.74, 6) is -0.281. The van der Waals surface area contributed by atoms with Crippen molar-refractivity contribution in [2.45, 2.75) is 25.1 Å². The quantitative estimate of drug-likeness (QED) is 0.856. The molecule has 2 aromatic rings. The van der Waals surface area contributed by atoms with Gasteiger partial charge in [-0.3, -0.25) is 4.90 Å². The Kier molecular flexibility index (Phi) is 4.98. The minimum Gasteiger partial charge on any atom is -0.298 e. The maximum absolute atomic E-state index is 13.0. The zero-order valence-electron chi connectivity index (χ0n) is 13.5. The third-order valence-corrected chi connectivity index (χ3v) is 6.10. The minimum atomic E-state index is -3.23. The van der Waals surface area contributed by atoms with Gasteiger partial charge in [0.1, 0.15) is 5.82 Å². The van der Waals surface area contributed by atoms with Crippen LogP contribution >= 0.6 is 0 Å². The number of hydrogen-bond acceptors (Lipinski definition) is 4. The van der Waals surface area contributed by atoms with E-state index in [1.54, 1.807) is 29.9 Å². The molecule has 2 heterocycles. The monoisotopic (exact) mass is 352 g/mol. The normalized spacial score (nSPS) is 19.0. The van der Waals surface area contributed by atoms with Gasteiger partial charge in [-0.1, -0.05) is 6.92 Å². The highest BCUT2D eigenvalue weighted by Crippen LogP contribution is 2.19. The summed E-state index contributed by atoms with van der Waals surface area (Å²) in [5, 5.41) is 3.94. The standard InChI is InChI=1S/C16H21FN4O2S/c1-2-19-24(22,23)16-7-8-20(12-16)10-13-9-18-21(11-13)15-5-3-14(17)4-6-15/h3-6,9,11,16,19H,2,7-8,10,12H2,1H3. The van der Waals surface area contributed by atoms with Gasteiger partial charge in [0.05, 0.1) is 17.1 Å². The highest BCUT2D eigenvalue weighted by Gasteiger charge is 2.32. The lowest BCUT2D eigenvalue weighted by atomic mass is 10.3. The van der Waals surface area contributed by atoms with Crippen LogP contribution in [0.5, 0.6) is 0 Å². The van der Waals surface area contributed by atoms with Crippen LogP contribution in [-0.2, 0) is 16.6 Å². The van der Waals surface area contributed by atoms with Gasteiger partial charge in [0.2, 0.25) is 10.0 Å². The first kappa shape index (κ1) is 17.1. The van der Waals surface area contributed by atoms with Gasteiger partial charge in [0, 0.05) is 31.4 Å². The van der Waals surface area contributed by atoms with Crippen molar-refractivity contribution in [2.24, 2.45) is 0 Å². The van der Waals surface area contributed by atoms with Crippen LogP contribution in [0.25, 0.3) is 5.69 Å². The van der Waals surface area contributed by atoms with Gasteiger partial charge in [0.25, 0.3) is 0 Å². The molecule has 6 nitrogen and oxygen atoms in total. The summed E-state index contributed by atoms with van der Waals surface area (Å²) in [6.45, 7) is 4.13. The first-order chi connectivity index (χ1) is 11.5. The molecule has 1 aromatic heterocycles. The summed E-state index contributed by atoms with van der Waals surface area (Å²) in [5.41, 5.74) is 1.79. The van der Waals surface area contributed by atoms with Gasteiger partial charge in [-0.25, -0.2) is 22.2 Å². The van der Waals surface area contributed by atoms with Crippen molar-refractivity contribution in [2.75, 3.05) is 19.6 Å². The maximum Gasteiger partial charge on any atom is 0.215 e. The van der Waals surface area contributed by atoms with Gasteiger partial charge in [-0.05, 0) is 37.2 Å². The van der Waals surface area contributed by atoms with Gasteiger partial charge in [-0.15, -0.1) is 0 Å². The lowest BCUT2D eigenvalue weighted by Gasteiger charge is -2.15. The average molecular weight is 352 g/mol. The summed E-state index contributed by atoms with van der Waals surface area (Å²) >= 11 is 0. The second-order valence-corrected chi connectivity index (χ2v) is 8.00. The minimum absolute atomic E-state index is 0.281. The van der Waals surface area contributed by atoms with Gasteiger partial charge in [0.15, 0.2) is 0 Å². The highest BCUT2D eigenvalue weighted by molar-refractivity contribution is 7.90. The molecule has 0 bridgehead atoms. The molecule has 1 unspecified atom stereocenters. The van der Waals surface area contributed by atoms with E-state index in [4.69, 9.17) is 0 Å². The molecule has 0 spiro atoms. The molecule has 8 heteroatoms. The number of nitrogens with one attached hydrogen (secondary N) is 1. The number of rotatable bonds is 6. The third-order valence-electron chi connectivity index (χ3n) is 4.15. The molecule has 1 aromatic carbocycles. The molecule has 1 aliphatic rings. The molecule has 130 valence electrons. The fourth-order valence-corrected chi connectivity index (χ4v) is 4.41. The summed E-state index contributed by atoms with van der Waals surface area (Å²) in [6.07, 6.45) is 4.29. The van der Waals surface area contributed by atoms with Crippen molar-refractivity contribution in [3.05, 3.63) is 48.0 Å². The molecule has 24 heavy (non-hydrogen) atoms. The van der Waals surface area contributed by atoms with Crippen molar-refractivity contribution < 1.29 is 12.8 Å². The molecule has 0 amide bonds. The van der Waals surface area contributed by atoms with Gasteiger partial charge >= 0.3 is 0 Å². The van der Waals surface area contributed by atoms with E-state index in [0.29, 0.717) is 26.1 Å². The maximum atomic E-state index is 13.0. The van der Waals surface area contributed by atoms with E-state index in [9.17, 15) is 12.8 Å². The second kappa shape index (κ2) is 7.00. The Balaban J connectivity index is 1.63. The molecule has 1 fully saturated rings. The number of halogens is 1. The molecule has 0 radical (unpaired) electrons. The summed E-state index contributed by atoms with van der Waals surface area (Å²) in [6, 6.07) is 6.13. The summed E-state index contributed by atoms with van der Waals surface area (Å²) in [7, 11) is -3.23. The molecule has 3 rings (SSSR count). The number of sulfonamides is 1. The van der Waals surface area contributed by atoms with E-state index in [1.165, 1.54) is 12.1 Å². The molecule has 0 saturated carbocycles. The van der Waals surface area contributed by atoms with E-state index in [0.717, 1.165) is 17.8 Å². The summed E-state index contributed by atoms with van der Waals surface area (Å²) < 4.78 is 41.4. The highest BCUT2D eigenvalue weighted by atomic mass is 32.2. The van der Waals surface area contributed by atoms with E-state index >= 15 is 0 Å². The molecular formula is C16H21FN4O2S. The van der Waals surface area contributed by atoms with E-state index in [-0.39, 0.29) is 11.1 Å². The number of benzene rings is 1. The number of hydrogen-bond donors (Lipinski definition) is 1. The van der Waals surface area contributed by atoms with Crippen LogP contribution in [0.1, 0.15) is 18.9 Å². The smallest absolute Gasteiger partial charge is 0.215 e. The van der Waals surface area contributed by atoms with Crippen LogP contribution in [0.3, 0.4) is 0 Å².